The van der Waals surface area contributed by atoms with Crippen LogP contribution in [0.1, 0.15) is 65.7 Å². The van der Waals surface area contributed by atoms with Crippen molar-refractivity contribution in [2.24, 2.45) is 23.2 Å². The van der Waals surface area contributed by atoms with Crippen LogP contribution in [0.5, 0.6) is 0 Å². The van der Waals surface area contributed by atoms with Gasteiger partial charge >= 0.3 is 0 Å². The van der Waals surface area contributed by atoms with Crippen LogP contribution in [0.3, 0.4) is 0 Å². The van der Waals surface area contributed by atoms with Crippen molar-refractivity contribution in [1.29, 1.82) is 0 Å². The second-order valence-electron chi connectivity index (χ2n) is 9.00. The summed E-state index contributed by atoms with van der Waals surface area (Å²) in [6, 6.07) is 0. The van der Waals surface area contributed by atoms with Crippen LogP contribution in [0.15, 0.2) is 0 Å². The van der Waals surface area contributed by atoms with Crippen molar-refractivity contribution < 1.29 is 9.59 Å². The summed E-state index contributed by atoms with van der Waals surface area (Å²) in [5.74, 6) is 2.64. The average molecular weight is 306 g/mol. The maximum atomic E-state index is 12.3. The number of hydrogen-bond donors (Lipinski definition) is 2. The summed E-state index contributed by atoms with van der Waals surface area (Å²) in [7, 11) is 0. The summed E-state index contributed by atoms with van der Waals surface area (Å²) < 4.78 is 0. The van der Waals surface area contributed by atoms with Gasteiger partial charge in [0, 0.05) is 23.9 Å². The summed E-state index contributed by atoms with van der Waals surface area (Å²) in [4.78, 5) is 24.1. The third-order valence-corrected chi connectivity index (χ3v) is 5.76. The Morgan fingerprint density at radius 1 is 1.00 bits per heavy atom. The average Bonchev–Trinajstić information content (AvgIpc) is 2.34. The fraction of sp³-hybridized carbons (Fsp3) is 0.889. The van der Waals surface area contributed by atoms with E-state index in [9.17, 15) is 9.59 Å². The minimum Gasteiger partial charge on any atom is -0.355 e. The fourth-order valence-corrected chi connectivity index (χ4v) is 5.18. The van der Waals surface area contributed by atoms with Gasteiger partial charge in [0.25, 0.3) is 0 Å². The van der Waals surface area contributed by atoms with Crippen LogP contribution in [0, 0.1) is 23.2 Å². The van der Waals surface area contributed by atoms with Crippen molar-refractivity contribution in [3.05, 3.63) is 0 Å². The van der Waals surface area contributed by atoms with E-state index < -0.39 is 5.41 Å². The van der Waals surface area contributed by atoms with Crippen molar-refractivity contribution >= 4 is 11.8 Å². The topological polar surface area (TPSA) is 58.2 Å². The van der Waals surface area contributed by atoms with Crippen LogP contribution in [0.25, 0.3) is 0 Å². The summed E-state index contributed by atoms with van der Waals surface area (Å²) >= 11 is 0. The molecule has 4 bridgehead atoms. The Balaban J connectivity index is 1.47. The van der Waals surface area contributed by atoms with Crippen LogP contribution >= 0.6 is 0 Å². The minimum atomic E-state index is -0.392. The van der Waals surface area contributed by atoms with Crippen LogP contribution in [-0.2, 0) is 9.59 Å². The molecule has 0 aromatic rings. The van der Waals surface area contributed by atoms with Gasteiger partial charge in [-0.25, -0.2) is 0 Å². The lowest BCUT2D eigenvalue weighted by Crippen LogP contribution is -2.60. The molecule has 0 heterocycles. The molecule has 0 unspecified atom stereocenters. The van der Waals surface area contributed by atoms with Gasteiger partial charge in [0.2, 0.25) is 11.8 Å². The molecule has 0 aliphatic heterocycles. The number of carbonyl (C=O) groups excluding carboxylic acids is 2. The van der Waals surface area contributed by atoms with Crippen molar-refractivity contribution in [3.8, 4) is 0 Å². The van der Waals surface area contributed by atoms with Crippen molar-refractivity contribution in [2.75, 3.05) is 6.54 Å². The third kappa shape index (κ3) is 3.31. The normalized spacial score (nSPS) is 36.2. The highest BCUT2D eigenvalue weighted by atomic mass is 16.2. The molecular weight excluding hydrogens is 276 g/mol. The molecule has 0 spiro atoms. The first-order valence-electron chi connectivity index (χ1n) is 8.85. The molecule has 4 aliphatic rings. The molecular formula is C18H30N2O2. The van der Waals surface area contributed by atoms with E-state index in [1.807, 2.05) is 20.8 Å². The Morgan fingerprint density at radius 2 is 1.50 bits per heavy atom. The van der Waals surface area contributed by atoms with Gasteiger partial charge in [-0.3, -0.25) is 9.59 Å². The molecule has 2 amide bonds. The van der Waals surface area contributed by atoms with Crippen molar-refractivity contribution in [2.45, 2.75) is 71.3 Å². The van der Waals surface area contributed by atoms with E-state index in [0.717, 1.165) is 17.8 Å². The van der Waals surface area contributed by atoms with Gasteiger partial charge < -0.3 is 10.6 Å². The lowest BCUT2D eigenvalue weighted by molar-refractivity contribution is -0.129. The second-order valence-corrected chi connectivity index (χ2v) is 9.00. The molecule has 4 heteroatoms. The van der Waals surface area contributed by atoms with Crippen molar-refractivity contribution in [3.63, 3.8) is 0 Å². The first kappa shape index (κ1) is 15.8. The van der Waals surface area contributed by atoms with Gasteiger partial charge in [-0.2, -0.15) is 0 Å². The van der Waals surface area contributed by atoms with E-state index in [0.29, 0.717) is 13.0 Å². The summed E-state index contributed by atoms with van der Waals surface area (Å²) in [5.41, 5.74) is -0.309. The Hall–Kier alpha value is -1.06. The van der Waals surface area contributed by atoms with Crippen molar-refractivity contribution in [1.82, 2.24) is 10.6 Å². The number of hydrogen-bond acceptors (Lipinski definition) is 2. The molecule has 0 aromatic heterocycles. The van der Waals surface area contributed by atoms with Crippen LogP contribution in [-0.4, -0.2) is 23.9 Å². The number of nitrogens with one attached hydrogen (secondary N) is 2. The zero-order chi connectivity index (χ0) is 16.0. The van der Waals surface area contributed by atoms with Crippen LogP contribution < -0.4 is 10.6 Å². The molecule has 2 N–H and O–H groups in total. The highest BCUT2D eigenvalue weighted by Gasteiger charge is 2.51. The molecule has 4 saturated carbocycles. The zero-order valence-electron chi connectivity index (χ0n) is 14.2. The zero-order valence-corrected chi connectivity index (χ0v) is 14.2. The van der Waals surface area contributed by atoms with E-state index in [1.165, 1.54) is 38.5 Å². The third-order valence-electron chi connectivity index (χ3n) is 5.76. The Kier molecular flexibility index (Phi) is 3.98. The number of carbonyl (C=O) groups is 2. The van der Waals surface area contributed by atoms with E-state index in [1.54, 1.807) is 0 Å². The monoisotopic (exact) mass is 306 g/mol. The number of rotatable bonds is 4. The molecule has 0 atom stereocenters. The van der Waals surface area contributed by atoms with E-state index >= 15 is 0 Å². The molecule has 0 saturated heterocycles. The second kappa shape index (κ2) is 5.54. The Morgan fingerprint density at radius 3 is 1.95 bits per heavy atom. The highest BCUT2D eigenvalue weighted by Crippen LogP contribution is 2.55. The van der Waals surface area contributed by atoms with Crippen LogP contribution in [0.2, 0.25) is 0 Å². The Labute approximate surface area is 133 Å². The first-order valence-corrected chi connectivity index (χ1v) is 8.85. The smallest absolute Gasteiger partial charge is 0.225 e. The summed E-state index contributed by atoms with van der Waals surface area (Å²) in [5, 5.41) is 6.21. The molecule has 22 heavy (non-hydrogen) atoms. The fourth-order valence-electron chi connectivity index (χ4n) is 5.18. The molecule has 4 rings (SSSR count). The van der Waals surface area contributed by atoms with Gasteiger partial charge in [0.15, 0.2) is 0 Å². The quantitative estimate of drug-likeness (QED) is 0.839. The molecule has 4 aliphatic carbocycles. The molecule has 124 valence electrons. The van der Waals surface area contributed by atoms with Gasteiger partial charge in [-0.1, -0.05) is 20.8 Å². The molecule has 0 radical (unpaired) electrons. The van der Waals surface area contributed by atoms with Gasteiger partial charge in [0.1, 0.15) is 0 Å². The largest absolute Gasteiger partial charge is 0.355 e. The lowest BCUT2D eigenvalue weighted by Gasteiger charge is -2.56. The van der Waals surface area contributed by atoms with Gasteiger partial charge in [-0.05, 0) is 56.3 Å². The van der Waals surface area contributed by atoms with Gasteiger partial charge in [0.05, 0.1) is 0 Å². The Bertz CT molecular complexity index is 429. The number of amides is 2. The highest BCUT2D eigenvalue weighted by molar-refractivity contribution is 5.82. The standard InChI is InChI=1S/C18H30N2O2/c1-17(2,3)16(22)19-5-4-15(21)20-18-9-12-6-13(10-18)8-14(7-12)11-18/h12-14H,4-11H2,1-3H3,(H,19,22)(H,20,21). The predicted molar refractivity (Wildman–Crippen MR) is 86.1 cm³/mol. The first-order chi connectivity index (χ1) is 10.3. The van der Waals surface area contributed by atoms with Gasteiger partial charge in [-0.15, -0.1) is 0 Å². The SMILES string of the molecule is CC(C)(C)C(=O)NCCC(=O)NC12CC3CC(CC(C3)C1)C2. The van der Waals surface area contributed by atoms with E-state index in [4.69, 9.17) is 0 Å². The minimum absolute atomic E-state index is 0.00936. The van der Waals surface area contributed by atoms with Crippen LogP contribution in [0.4, 0.5) is 0 Å². The lowest BCUT2D eigenvalue weighted by atomic mass is 9.53. The molecule has 4 nitrogen and oxygen atoms in total. The molecule has 0 aromatic carbocycles. The maximum absolute atomic E-state index is 12.3. The van der Waals surface area contributed by atoms with E-state index in [2.05, 4.69) is 10.6 Å². The summed E-state index contributed by atoms with van der Waals surface area (Å²) in [6.07, 6.45) is 8.09. The maximum Gasteiger partial charge on any atom is 0.225 e. The summed E-state index contributed by atoms with van der Waals surface area (Å²) in [6.45, 7) is 6.10. The predicted octanol–water partition coefficient (Wildman–Crippen LogP) is 2.62. The van der Waals surface area contributed by atoms with E-state index in [-0.39, 0.29) is 17.4 Å². The molecule has 4 fully saturated rings.